The van der Waals surface area contributed by atoms with Crippen LogP contribution >= 0.6 is 11.3 Å². The van der Waals surface area contributed by atoms with Crippen molar-refractivity contribution in [3.8, 4) is 0 Å². The zero-order chi connectivity index (χ0) is 13.9. The van der Waals surface area contributed by atoms with Gasteiger partial charge in [0, 0.05) is 56.2 Å². The lowest BCUT2D eigenvalue weighted by atomic mass is 10.2. The molecule has 20 heavy (non-hydrogen) atoms. The second-order valence-electron chi connectivity index (χ2n) is 5.22. The number of hydrogen-bond acceptors (Lipinski definition) is 5. The number of nitrogens with zero attached hydrogens (tertiary/aromatic N) is 5. The number of aryl methyl sites for hydroxylation is 1. The molecule has 3 rings (SSSR count). The molecule has 0 N–H and O–H groups in total. The highest BCUT2D eigenvalue weighted by atomic mass is 32.1. The number of anilines is 1. The van der Waals surface area contributed by atoms with Crippen LogP contribution in [0.1, 0.15) is 19.7 Å². The Balaban J connectivity index is 1.62. The average molecular weight is 291 g/mol. The largest absolute Gasteiger partial charge is 0.343 e. The monoisotopic (exact) mass is 291 g/mol. The summed E-state index contributed by atoms with van der Waals surface area (Å²) in [6.07, 6.45) is 5.84. The first kappa shape index (κ1) is 13.6. The minimum absolute atomic E-state index is 0.500. The fraction of sp³-hybridized carbons (Fsp3) is 0.571. The first-order valence-electron chi connectivity index (χ1n) is 7.16. The molecular weight excluding hydrogens is 270 g/mol. The Kier molecular flexibility index (Phi) is 4.03. The van der Waals surface area contributed by atoms with Gasteiger partial charge in [-0.3, -0.25) is 4.90 Å². The molecule has 0 radical (unpaired) electrons. The van der Waals surface area contributed by atoms with Crippen molar-refractivity contribution in [2.75, 3.05) is 24.5 Å². The Morgan fingerprint density at radius 2 is 2.20 bits per heavy atom. The maximum atomic E-state index is 4.47. The van der Waals surface area contributed by atoms with Crippen LogP contribution in [-0.4, -0.2) is 45.1 Å². The zero-order valence-corrected chi connectivity index (χ0v) is 12.9. The van der Waals surface area contributed by atoms with Gasteiger partial charge >= 0.3 is 0 Å². The van der Waals surface area contributed by atoms with E-state index < -0.39 is 0 Å². The molecule has 1 aliphatic rings. The predicted molar refractivity (Wildman–Crippen MR) is 82.1 cm³/mol. The third kappa shape index (κ3) is 2.71. The molecule has 0 spiro atoms. The van der Waals surface area contributed by atoms with Gasteiger partial charge in [0.15, 0.2) is 5.13 Å². The fourth-order valence-corrected chi connectivity index (χ4v) is 3.57. The molecule has 6 heteroatoms. The average Bonchev–Trinajstić information content (AvgIpc) is 3.09. The van der Waals surface area contributed by atoms with Crippen LogP contribution in [0.2, 0.25) is 0 Å². The first-order chi connectivity index (χ1) is 9.78. The zero-order valence-electron chi connectivity index (χ0n) is 12.1. The van der Waals surface area contributed by atoms with Crippen LogP contribution in [0.25, 0.3) is 0 Å². The van der Waals surface area contributed by atoms with Crippen LogP contribution in [0.3, 0.4) is 0 Å². The van der Waals surface area contributed by atoms with Gasteiger partial charge in [-0.25, -0.2) is 9.97 Å². The third-order valence-electron chi connectivity index (χ3n) is 3.88. The van der Waals surface area contributed by atoms with E-state index in [1.165, 1.54) is 5.82 Å². The second-order valence-corrected chi connectivity index (χ2v) is 6.09. The summed E-state index contributed by atoms with van der Waals surface area (Å²) >= 11 is 1.73. The summed E-state index contributed by atoms with van der Waals surface area (Å²) in [5, 5.41) is 3.19. The molecule has 3 heterocycles. The number of hydrogen-bond donors (Lipinski definition) is 0. The van der Waals surface area contributed by atoms with Crippen molar-refractivity contribution >= 4 is 16.5 Å². The van der Waals surface area contributed by atoms with Gasteiger partial charge in [-0.05, 0) is 13.8 Å². The van der Waals surface area contributed by atoms with E-state index in [1.54, 1.807) is 11.3 Å². The van der Waals surface area contributed by atoms with E-state index in [0.717, 1.165) is 37.9 Å². The van der Waals surface area contributed by atoms with E-state index in [9.17, 15) is 0 Å². The summed E-state index contributed by atoms with van der Waals surface area (Å²) in [5.41, 5.74) is 0. The van der Waals surface area contributed by atoms with E-state index in [2.05, 4.69) is 44.4 Å². The van der Waals surface area contributed by atoms with Crippen LogP contribution in [0.5, 0.6) is 0 Å². The van der Waals surface area contributed by atoms with E-state index in [-0.39, 0.29) is 0 Å². The Morgan fingerprint density at radius 3 is 2.90 bits per heavy atom. The van der Waals surface area contributed by atoms with Crippen LogP contribution in [0.4, 0.5) is 5.13 Å². The van der Waals surface area contributed by atoms with Gasteiger partial charge in [0.1, 0.15) is 5.82 Å². The molecular formula is C14H21N5S. The Labute approximate surface area is 123 Å². The predicted octanol–water partition coefficient (Wildman–Crippen LogP) is 2.07. The molecule has 0 bridgehead atoms. The van der Waals surface area contributed by atoms with Gasteiger partial charge in [0.05, 0.1) is 6.54 Å². The minimum atomic E-state index is 0.500. The minimum Gasteiger partial charge on any atom is -0.343 e. The molecule has 0 amide bonds. The van der Waals surface area contributed by atoms with E-state index in [4.69, 9.17) is 0 Å². The van der Waals surface area contributed by atoms with Crippen molar-refractivity contribution in [2.24, 2.45) is 0 Å². The quantitative estimate of drug-likeness (QED) is 0.864. The van der Waals surface area contributed by atoms with Gasteiger partial charge in [0.2, 0.25) is 0 Å². The Morgan fingerprint density at radius 1 is 1.30 bits per heavy atom. The van der Waals surface area contributed by atoms with Gasteiger partial charge in [-0.1, -0.05) is 0 Å². The number of rotatable bonds is 4. The molecule has 1 saturated heterocycles. The summed E-state index contributed by atoms with van der Waals surface area (Å²) in [7, 11) is 0. The summed E-state index contributed by atoms with van der Waals surface area (Å²) < 4.78 is 2.22. The molecule has 0 aromatic carbocycles. The highest BCUT2D eigenvalue weighted by molar-refractivity contribution is 7.13. The summed E-state index contributed by atoms with van der Waals surface area (Å²) in [4.78, 5) is 13.8. The topological polar surface area (TPSA) is 37.2 Å². The van der Waals surface area contributed by atoms with Crippen molar-refractivity contribution in [2.45, 2.75) is 33.0 Å². The standard InChI is InChI=1S/C14H21N5S/c1-3-18-6-4-15-13(18)11-17-7-8-19(12(2)10-17)14-16-5-9-20-14/h4-6,9,12H,3,7-8,10-11H2,1-2H3/t12-/m1/s1. The van der Waals surface area contributed by atoms with Crippen LogP contribution in [0.15, 0.2) is 24.0 Å². The molecule has 2 aromatic heterocycles. The number of thiazole rings is 1. The summed E-state index contributed by atoms with van der Waals surface area (Å²) in [5.74, 6) is 1.17. The summed E-state index contributed by atoms with van der Waals surface area (Å²) in [6.45, 7) is 9.55. The summed E-state index contributed by atoms with van der Waals surface area (Å²) in [6, 6.07) is 0.500. The van der Waals surface area contributed by atoms with Crippen molar-refractivity contribution in [3.63, 3.8) is 0 Å². The molecule has 1 atom stereocenters. The van der Waals surface area contributed by atoms with Crippen molar-refractivity contribution in [3.05, 3.63) is 29.8 Å². The van der Waals surface area contributed by atoms with E-state index in [0.29, 0.717) is 6.04 Å². The molecule has 0 saturated carbocycles. The molecule has 5 nitrogen and oxygen atoms in total. The number of aromatic nitrogens is 3. The van der Waals surface area contributed by atoms with Gasteiger partial charge in [-0.15, -0.1) is 11.3 Å². The third-order valence-corrected chi connectivity index (χ3v) is 4.69. The number of imidazole rings is 1. The smallest absolute Gasteiger partial charge is 0.185 e. The molecule has 1 fully saturated rings. The maximum absolute atomic E-state index is 4.47. The normalized spacial score (nSPS) is 20.5. The Bertz CT molecular complexity index is 536. The van der Waals surface area contributed by atoms with Crippen molar-refractivity contribution in [1.29, 1.82) is 0 Å². The number of piperazine rings is 1. The maximum Gasteiger partial charge on any atom is 0.185 e. The van der Waals surface area contributed by atoms with Crippen molar-refractivity contribution in [1.82, 2.24) is 19.4 Å². The van der Waals surface area contributed by atoms with Crippen LogP contribution < -0.4 is 4.90 Å². The van der Waals surface area contributed by atoms with Crippen molar-refractivity contribution < 1.29 is 0 Å². The fourth-order valence-electron chi connectivity index (χ4n) is 2.80. The molecule has 2 aromatic rings. The lowest BCUT2D eigenvalue weighted by Crippen LogP contribution is -2.51. The highest BCUT2D eigenvalue weighted by Gasteiger charge is 2.25. The highest BCUT2D eigenvalue weighted by Crippen LogP contribution is 2.23. The molecule has 1 aliphatic heterocycles. The van der Waals surface area contributed by atoms with Crippen LogP contribution in [-0.2, 0) is 13.1 Å². The van der Waals surface area contributed by atoms with Gasteiger partial charge in [-0.2, -0.15) is 0 Å². The van der Waals surface area contributed by atoms with E-state index in [1.807, 2.05) is 17.8 Å². The van der Waals surface area contributed by atoms with Crippen LogP contribution in [0, 0.1) is 0 Å². The lowest BCUT2D eigenvalue weighted by Gasteiger charge is -2.39. The van der Waals surface area contributed by atoms with E-state index >= 15 is 0 Å². The molecule has 0 unspecified atom stereocenters. The first-order valence-corrected chi connectivity index (χ1v) is 8.04. The second kappa shape index (κ2) is 5.93. The lowest BCUT2D eigenvalue weighted by molar-refractivity contribution is 0.213. The van der Waals surface area contributed by atoms with Gasteiger partial charge < -0.3 is 9.47 Å². The molecule has 108 valence electrons. The SMILES string of the molecule is CCn1ccnc1CN1CCN(c2nccs2)[C@H](C)C1. The van der Waals surface area contributed by atoms with Gasteiger partial charge in [0.25, 0.3) is 0 Å². The Hall–Kier alpha value is -1.40. The molecule has 0 aliphatic carbocycles.